The van der Waals surface area contributed by atoms with E-state index in [-0.39, 0.29) is 0 Å². The number of aromatic nitrogens is 1. The van der Waals surface area contributed by atoms with Crippen molar-refractivity contribution in [1.82, 2.24) is 9.88 Å². The van der Waals surface area contributed by atoms with Crippen LogP contribution in [0, 0.1) is 0 Å². The van der Waals surface area contributed by atoms with Gasteiger partial charge in [-0.1, -0.05) is 18.2 Å². The summed E-state index contributed by atoms with van der Waals surface area (Å²) in [7, 11) is 5.46. The zero-order valence-corrected chi connectivity index (χ0v) is 13.3. The third kappa shape index (κ3) is 3.45. The first-order chi connectivity index (χ1) is 11.2. The largest absolute Gasteiger partial charge is 0.497 e. The molecule has 0 unspecified atom stereocenters. The Labute approximate surface area is 134 Å². The molecule has 0 saturated heterocycles. The fraction of sp³-hybridized carbons (Fsp3) is 0.167. The molecule has 0 spiro atoms. The maximum absolute atomic E-state index is 5.93. The number of methoxy groups -OCH3 is 1. The fourth-order valence-electron chi connectivity index (χ4n) is 2.11. The normalized spacial score (nSPS) is 11.5. The SMILES string of the molecule is COc1ccc2oc(/C(=C/N(C)C)Oc3ccccc3)nc2c1. The van der Waals surface area contributed by atoms with Gasteiger partial charge in [-0.25, -0.2) is 4.98 Å². The van der Waals surface area contributed by atoms with E-state index in [4.69, 9.17) is 13.9 Å². The van der Waals surface area contributed by atoms with Gasteiger partial charge in [-0.05, 0) is 24.3 Å². The van der Waals surface area contributed by atoms with E-state index < -0.39 is 0 Å². The van der Waals surface area contributed by atoms with E-state index in [1.807, 2.05) is 73.7 Å². The molecule has 1 heterocycles. The Morgan fingerprint density at radius 1 is 1.09 bits per heavy atom. The van der Waals surface area contributed by atoms with Gasteiger partial charge in [0.1, 0.15) is 17.0 Å². The van der Waals surface area contributed by atoms with Gasteiger partial charge in [0, 0.05) is 26.4 Å². The molecule has 0 N–H and O–H groups in total. The quantitative estimate of drug-likeness (QED) is 0.671. The van der Waals surface area contributed by atoms with Crippen LogP contribution in [0.3, 0.4) is 0 Å². The number of oxazole rings is 1. The molecular weight excluding hydrogens is 292 g/mol. The topological polar surface area (TPSA) is 47.7 Å². The summed E-state index contributed by atoms with van der Waals surface area (Å²) in [5.74, 6) is 2.42. The van der Waals surface area contributed by atoms with Crippen molar-refractivity contribution in [2.75, 3.05) is 21.2 Å². The van der Waals surface area contributed by atoms with Crippen molar-refractivity contribution in [2.45, 2.75) is 0 Å². The van der Waals surface area contributed by atoms with Crippen molar-refractivity contribution in [1.29, 1.82) is 0 Å². The number of para-hydroxylation sites is 1. The lowest BCUT2D eigenvalue weighted by Crippen LogP contribution is -2.06. The van der Waals surface area contributed by atoms with Crippen molar-refractivity contribution >= 4 is 16.9 Å². The standard InChI is InChI=1S/C18H18N2O3/c1-20(2)12-17(22-13-7-5-4-6-8-13)18-19-15-11-14(21-3)9-10-16(15)23-18/h4-12H,1-3H3/b17-12-. The van der Waals surface area contributed by atoms with E-state index in [0.717, 1.165) is 17.0 Å². The minimum Gasteiger partial charge on any atom is -0.497 e. The lowest BCUT2D eigenvalue weighted by molar-refractivity contribution is 0.415. The third-order valence-corrected chi connectivity index (χ3v) is 3.15. The molecule has 2 aromatic carbocycles. The molecule has 0 aliphatic rings. The van der Waals surface area contributed by atoms with E-state index in [1.165, 1.54) is 0 Å². The molecule has 5 heteroatoms. The number of fused-ring (bicyclic) bond motifs is 1. The summed E-state index contributed by atoms with van der Waals surface area (Å²) >= 11 is 0. The summed E-state index contributed by atoms with van der Waals surface area (Å²) in [6.45, 7) is 0. The van der Waals surface area contributed by atoms with Gasteiger partial charge in [0.25, 0.3) is 5.89 Å². The lowest BCUT2D eigenvalue weighted by Gasteiger charge is -2.10. The Kier molecular flexibility index (Phi) is 4.19. The number of nitrogens with zero attached hydrogens (tertiary/aromatic N) is 2. The Morgan fingerprint density at radius 2 is 1.87 bits per heavy atom. The first kappa shape index (κ1) is 15.0. The van der Waals surface area contributed by atoms with Crippen LogP contribution in [-0.4, -0.2) is 31.1 Å². The van der Waals surface area contributed by atoms with Crippen LogP contribution < -0.4 is 9.47 Å². The van der Waals surface area contributed by atoms with Gasteiger partial charge in [-0.15, -0.1) is 0 Å². The van der Waals surface area contributed by atoms with Crippen molar-refractivity contribution in [2.24, 2.45) is 0 Å². The molecule has 5 nitrogen and oxygen atoms in total. The molecule has 1 aromatic heterocycles. The zero-order valence-electron chi connectivity index (χ0n) is 13.3. The Hall–Kier alpha value is -2.95. The number of rotatable bonds is 5. The van der Waals surface area contributed by atoms with Gasteiger partial charge in [-0.2, -0.15) is 0 Å². The van der Waals surface area contributed by atoms with Gasteiger partial charge in [0.05, 0.1) is 7.11 Å². The highest BCUT2D eigenvalue weighted by Gasteiger charge is 2.14. The molecule has 0 fully saturated rings. The van der Waals surface area contributed by atoms with Gasteiger partial charge in [0.2, 0.25) is 5.76 Å². The van der Waals surface area contributed by atoms with Crippen molar-refractivity contribution in [3.8, 4) is 11.5 Å². The average Bonchev–Trinajstić information content (AvgIpc) is 2.97. The van der Waals surface area contributed by atoms with Gasteiger partial charge < -0.3 is 18.8 Å². The molecule has 0 saturated carbocycles. The molecule has 118 valence electrons. The average molecular weight is 310 g/mol. The lowest BCUT2D eigenvalue weighted by atomic mass is 10.3. The number of ether oxygens (including phenoxy) is 2. The van der Waals surface area contributed by atoms with E-state index >= 15 is 0 Å². The predicted molar refractivity (Wildman–Crippen MR) is 89.3 cm³/mol. The second kappa shape index (κ2) is 6.44. The van der Waals surface area contributed by atoms with Gasteiger partial charge >= 0.3 is 0 Å². The maximum atomic E-state index is 5.93. The molecular formula is C18H18N2O3. The van der Waals surface area contributed by atoms with E-state index in [2.05, 4.69) is 4.98 Å². The zero-order chi connectivity index (χ0) is 16.2. The molecule has 0 amide bonds. The molecule has 0 bridgehead atoms. The fourth-order valence-corrected chi connectivity index (χ4v) is 2.11. The molecule has 3 rings (SSSR count). The smallest absolute Gasteiger partial charge is 0.265 e. The molecule has 0 aliphatic carbocycles. The number of benzene rings is 2. The molecule has 3 aromatic rings. The van der Waals surface area contributed by atoms with Crippen molar-refractivity contribution < 1.29 is 13.9 Å². The van der Waals surface area contributed by atoms with Crippen LogP contribution in [0.2, 0.25) is 0 Å². The summed E-state index contributed by atoms with van der Waals surface area (Å²) < 4.78 is 17.0. The number of hydrogen-bond donors (Lipinski definition) is 0. The Balaban J connectivity index is 1.99. The molecule has 23 heavy (non-hydrogen) atoms. The van der Waals surface area contributed by atoms with E-state index in [1.54, 1.807) is 7.11 Å². The van der Waals surface area contributed by atoms with Crippen LogP contribution in [0.15, 0.2) is 59.1 Å². The molecule has 0 aliphatic heterocycles. The van der Waals surface area contributed by atoms with Crippen LogP contribution >= 0.6 is 0 Å². The minimum atomic E-state index is 0.422. The van der Waals surface area contributed by atoms with Crippen molar-refractivity contribution in [3.05, 3.63) is 60.6 Å². The summed E-state index contributed by atoms with van der Waals surface area (Å²) in [6.07, 6.45) is 1.83. The highest BCUT2D eigenvalue weighted by molar-refractivity contribution is 5.76. The second-order valence-electron chi connectivity index (χ2n) is 5.22. The highest BCUT2D eigenvalue weighted by Crippen LogP contribution is 2.26. The summed E-state index contributed by atoms with van der Waals surface area (Å²) in [4.78, 5) is 6.39. The summed E-state index contributed by atoms with van der Waals surface area (Å²) in [6, 6.07) is 15.0. The van der Waals surface area contributed by atoms with Gasteiger partial charge in [-0.3, -0.25) is 0 Å². The third-order valence-electron chi connectivity index (χ3n) is 3.15. The Morgan fingerprint density at radius 3 is 2.57 bits per heavy atom. The Bertz CT molecular complexity index is 823. The van der Waals surface area contributed by atoms with E-state index in [9.17, 15) is 0 Å². The summed E-state index contributed by atoms with van der Waals surface area (Å²) in [5, 5.41) is 0. The highest BCUT2D eigenvalue weighted by atomic mass is 16.5. The number of hydrogen-bond acceptors (Lipinski definition) is 5. The van der Waals surface area contributed by atoms with Crippen LogP contribution in [0.5, 0.6) is 11.5 Å². The van der Waals surface area contributed by atoms with Gasteiger partial charge in [0.15, 0.2) is 5.58 Å². The first-order valence-electron chi connectivity index (χ1n) is 7.22. The van der Waals surface area contributed by atoms with E-state index in [0.29, 0.717) is 17.2 Å². The maximum Gasteiger partial charge on any atom is 0.265 e. The van der Waals surface area contributed by atoms with Crippen molar-refractivity contribution in [3.63, 3.8) is 0 Å². The predicted octanol–water partition coefficient (Wildman–Crippen LogP) is 3.78. The molecule has 0 radical (unpaired) electrons. The second-order valence-corrected chi connectivity index (χ2v) is 5.22. The van der Waals surface area contributed by atoms with Crippen LogP contribution in [0.1, 0.15) is 5.89 Å². The van der Waals surface area contributed by atoms with Crippen LogP contribution in [0.4, 0.5) is 0 Å². The monoisotopic (exact) mass is 310 g/mol. The van der Waals surface area contributed by atoms with Crippen LogP contribution in [-0.2, 0) is 0 Å². The summed E-state index contributed by atoms with van der Waals surface area (Å²) in [5.41, 5.74) is 1.41. The van der Waals surface area contributed by atoms with Crippen LogP contribution in [0.25, 0.3) is 16.9 Å². The minimum absolute atomic E-state index is 0.422. The first-order valence-corrected chi connectivity index (χ1v) is 7.22. The molecule has 0 atom stereocenters.